The Labute approximate surface area is 369 Å². The van der Waals surface area contributed by atoms with E-state index in [-0.39, 0.29) is 11.7 Å². The number of anilines is 2. The number of hydrogen-bond acceptors (Lipinski definition) is 13. The Bertz CT molecular complexity index is 2440. The summed E-state index contributed by atoms with van der Waals surface area (Å²) >= 11 is 0. The summed E-state index contributed by atoms with van der Waals surface area (Å²) in [5, 5.41) is 47.5. The Morgan fingerprint density at radius 1 is 0.692 bits per heavy atom. The number of aromatic nitrogens is 3. The summed E-state index contributed by atoms with van der Waals surface area (Å²) in [4.78, 5) is 70.5. The molecule has 348 valence electrons. The van der Waals surface area contributed by atoms with Crippen LogP contribution in [0.4, 0.5) is 20.3 Å². The number of piperazine rings is 1. The minimum atomic E-state index is -4.33. The zero-order chi connectivity index (χ0) is 48.4. The Kier molecular flexibility index (Phi) is 19.4. The van der Waals surface area contributed by atoms with Crippen molar-refractivity contribution in [2.75, 3.05) is 43.7 Å². The lowest BCUT2D eigenvalue weighted by Crippen LogP contribution is -2.49. The minimum absolute atomic E-state index is 0.223. The van der Waals surface area contributed by atoms with Gasteiger partial charge in [-0.1, -0.05) is 18.2 Å². The third-order valence-corrected chi connectivity index (χ3v) is 10.9. The van der Waals surface area contributed by atoms with Gasteiger partial charge in [0.25, 0.3) is 10.0 Å². The molecule has 24 heteroatoms. The van der Waals surface area contributed by atoms with Gasteiger partial charge in [-0.3, -0.25) is 9.62 Å². The van der Waals surface area contributed by atoms with Gasteiger partial charge in [-0.2, -0.15) is 0 Å². The molecule has 0 atom stereocenters. The number of nitrogen functional groups attached to an aromatic ring is 1. The predicted molar refractivity (Wildman–Crippen MR) is 228 cm³/mol. The average Bonchev–Trinajstić information content (AvgIpc) is 3.64. The molecule has 2 aromatic carbocycles. The average molecular weight is 930 g/mol. The van der Waals surface area contributed by atoms with E-state index in [0.29, 0.717) is 70.5 Å². The molecule has 1 saturated heterocycles. The Morgan fingerprint density at radius 2 is 1.17 bits per heavy atom. The van der Waals surface area contributed by atoms with Gasteiger partial charge in [-0.05, 0) is 62.6 Å². The number of sulfonamides is 1. The molecule has 0 radical (unpaired) electrons. The van der Waals surface area contributed by atoms with Crippen LogP contribution in [0.2, 0.25) is 0 Å². The van der Waals surface area contributed by atoms with Gasteiger partial charge in [0.15, 0.2) is 0 Å². The van der Waals surface area contributed by atoms with Crippen LogP contribution in [0, 0.1) is 11.6 Å². The molecule has 0 bridgehead atoms. The molecular formula is C41H45F2N7O14S. The van der Waals surface area contributed by atoms with E-state index < -0.39 is 62.4 Å². The number of nitrogens with one attached hydrogen (secondary N) is 1. The highest BCUT2D eigenvalue weighted by atomic mass is 32.2. The van der Waals surface area contributed by atoms with E-state index >= 15 is 4.39 Å². The normalized spacial score (nSPS) is 16.7. The van der Waals surface area contributed by atoms with Gasteiger partial charge in [0, 0.05) is 86.5 Å². The van der Waals surface area contributed by atoms with E-state index in [4.69, 9.17) is 36.4 Å². The van der Waals surface area contributed by atoms with Crippen LogP contribution in [-0.4, -0.2) is 138 Å². The second kappa shape index (κ2) is 24.3. The summed E-state index contributed by atoms with van der Waals surface area (Å²) in [6, 6.07) is 9.93. The van der Waals surface area contributed by atoms with Crippen LogP contribution in [0.3, 0.4) is 0 Å². The first-order chi connectivity index (χ1) is 30.6. The molecule has 1 aliphatic heterocycles. The lowest BCUT2D eigenvalue weighted by Gasteiger charge is -2.41. The third kappa shape index (κ3) is 16.6. The zero-order valence-electron chi connectivity index (χ0n) is 34.4. The second-order valence-electron chi connectivity index (χ2n) is 14.0. The summed E-state index contributed by atoms with van der Waals surface area (Å²) in [7, 11) is -2.16. The van der Waals surface area contributed by atoms with Crippen LogP contribution in [0.25, 0.3) is 22.2 Å². The van der Waals surface area contributed by atoms with Crippen molar-refractivity contribution in [3.05, 3.63) is 103 Å². The quantitative estimate of drug-likeness (QED) is 0.0940. The minimum Gasteiger partial charge on any atom is -0.478 e. The third-order valence-electron chi connectivity index (χ3n) is 9.51. The molecule has 1 aliphatic carbocycles. The lowest BCUT2D eigenvalue weighted by atomic mass is 9.89. The van der Waals surface area contributed by atoms with Crippen LogP contribution in [0.15, 0.2) is 96.3 Å². The summed E-state index contributed by atoms with van der Waals surface area (Å²) in [6.45, 7) is 4.40. The maximum absolute atomic E-state index is 15.3. The smallest absolute Gasteiger partial charge is 0.328 e. The standard InChI is InChI=1S/C29H33F2N7O2S.3C4H4O4/c1-36-12-14-37(15-13-36)20-7-9-21(10-8-20)38-17-22(27-28(32)33-18-34-29(27)38)19-6-11-25(24(31)16-19)35-41(39,40)26-5-3-2-4-23(26)30;3*5-3(6)1-2-4(7)8/h2-6,11,16-18,20-21,35H,7-10,12-15H2,1H3,(H2,32,33,34);3*1-2H,(H,5,6)(H,7,8)/b;3*2-1-. The maximum Gasteiger partial charge on any atom is 0.328 e. The van der Waals surface area contributed by atoms with E-state index in [2.05, 4.69) is 36.1 Å². The Balaban J connectivity index is 0.000000383. The van der Waals surface area contributed by atoms with Gasteiger partial charge in [-0.15, -0.1) is 0 Å². The fourth-order valence-electron chi connectivity index (χ4n) is 6.55. The highest BCUT2D eigenvalue weighted by Gasteiger charge is 2.30. The molecule has 65 heavy (non-hydrogen) atoms. The van der Waals surface area contributed by atoms with Gasteiger partial charge in [-0.25, -0.2) is 55.9 Å². The largest absolute Gasteiger partial charge is 0.478 e. The summed E-state index contributed by atoms with van der Waals surface area (Å²) in [5.74, 6) is -8.97. The number of nitrogens with two attached hydrogens (primary N) is 1. The number of rotatable bonds is 12. The highest BCUT2D eigenvalue weighted by molar-refractivity contribution is 7.92. The fraction of sp³-hybridized carbons (Fsp3) is 0.268. The van der Waals surface area contributed by atoms with Crippen LogP contribution < -0.4 is 10.5 Å². The fourth-order valence-corrected chi connectivity index (χ4v) is 7.70. The topological polar surface area (TPSA) is 333 Å². The number of nitrogens with zero attached hydrogens (tertiary/aromatic N) is 5. The van der Waals surface area contributed by atoms with Crippen molar-refractivity contribution in [3.8, 4) is 11.1 Å². The van der Waals surface area contributed by atoms with Crippen molar-refractivity contribution in [1.29, 1.82) is 0 Å². The number of aliphatic carboxylic acids is 6. The molecule has 2 aromatic heterocycles. The maximum atomic E-state index is 15.3. The molecule has 0 unspecified atom stereocenters. The second-order valence-corrected chi connectivity index (χ2v) is 15.6. The Morgan fingerprint density at radius 3 is 1.63 bits per heavy atom. The number of halogens is 2. The number of benzene rings is 2. The van der Waals surface area contributed by atoms with E-state index in [1.807, 2.05) is 6.20 Å². The van der Waals surface area contributed by atoms with Gasteiger partial charge in [0.05, 0.1) is 11.1 Å². The van der Waals surface area contributed by atoms with Crippen molar-refractivity contribution in [1.82, 2.24) is 24.3 Å². The first-order valence-corrected chi connectivity index (χ1v) is 20.6. The van der Waals surface area contributed by atoms with E-state index in [9.17, 15) is 41.6 Å². The predicted octanol–water partition coefficient (Wildman–Crippen LogP) is 3.63. The summed E-state index contributed by atoms with van der Waals surface area (Å²) in [5.41, 5.74) is 7.89. The number of carbonyl (C=O) groups is 6. The molecule has 6 rings (SSSR count). The number of fused-ring (bicyclic) bond motifs is 1. The molecular weight excluding hydrogens is 885 g/mol. The van der Waals surface area contributed by atoms with E-state index in [1.54, 1.807) is 6.07 Å². The number of likely N-dealkylation sites (N-methyl/N-ethyl adjacent to an activating group) is 1. The number of carboxylic acid groups (broad SMARTS) is 6. The Hall–Kier alpha value is -7.57. The molecule has 1 saturated carbocycles. The molecule has 4 aromatic rings. The molecule has 0 amide bonds. The van der Waals surface area contributed by atoms with Gasteiger partial charge in [0.1, 0.15) is 34.3 Å². The van der Waals surface area contributed by atoms with Crippen molar-refractivity contribution < 1.29 is 76.6 Å². The van der Waals surface area contributed by atoms with Crippen molar-refractivity contribution >= 4 is 68.4 Å². The molecule has 0 spiro atoms. The molecule has 3 heterocycles. The van der Waals surface area contributed by atoms with Crippen molar-refractivity contribution in [3.63, 3.8) is 0 Å². The van der Waals surface area contributed by atoms with Crippen molar-refractivity contribution in [2.45, 2.75) is 42.7 Å². The van der Waals surface area contributed by atoms with Gasteiger partial charge < -0.3 is 45.8 Å². The van der Waals surface area contributed by atoms with Crippen LogP contribution >= 0.6 is 0 Å². The number of carboxylic acids is 6. The molecule has 21 nitrogen and oxygen atoms in total. The number of hydrogen-bond donors (Lipinski definition) is 8. The highest BCUT2D eigenvalue weighted by Crippen LogP contribution is 2.39. The zero-order valence-corrected chi connectivity index (χ0v) is 35.2. The monoisotopic (exact) mass is 929 g/mol. The summed E-state index contributed by atoms with van der Waals surface area (Å²) < 4.78 is 59.1. The van der Waals surface area contributed by atoms with E-state index in [1.165, 1.54) is 30.6 Å². The lowest BCUT2D eigenvalue weighted by molar-refractivity contribution is -0.134. The van der Waals surface area contributed by atoms with Crippen LogP contribution in [-0.2, 0) is 38.8 Å². The van der Waals surface area contributed by atoms with Crippen molar-refractivity contribution in [2.24, 2.45) is 0 Å². The van der Waals surface area contributed by atoms with Gasteiger partial charge in [0.2, 0.25) is 0 Å². The SMILES string of the molecule is CN1CCN(C2CCC(n3cc(-c4ccc(NS(=O)(=O)c5ccccc5F)c(F)c4)c4c(N)ncnc43)CC2)CC1.O=C(O)/C=C\C(=O)O.O=C(O)/C=C\C(=O)O.O=C(O)/C=C\C(=O)O. The van der Waals surface area contributed by atoms with Gasteiger partial charge >= 0.3 is 35.8 Å². The summed E-state index contributed by atoms with van der Waals surface area (Å²) in [6.07, 6.45) is 10.9. The van der Waals surface area contributed by atoms with Crippen LogP contribution in [0.1, 0.15) is 31.7 Å². The molecule has 9 N–H and O–H groups in total. The first-order valence-electron chi connectivity index (χ1n) is 19.1. The van der Waals surface area contributed by atoms with E-state index in [0.717, 1.165) is 64.0 Å². The van der Waals surface area contributed by atoms with Crippen LogP contribution in [0.5, 0.6) is 0 Å². The molecule has 2 fully saturated rings. The first kappa shape index (κ1) is 51.8. The molecule has 2 aliphatic rings.